The maximum atomic E-state index is 5.71. The van der Waals surface area contributed by atoms with Gasteiger partial charge in [0.1, 0.15) is 0 Å². The van der Waals surface area contributed by atoms with Crippen LogP contribution in [0.1, 0.15) is 49.7 Å². The average Bonchev–Trinajstić information content (AvgIpc) is 3.05. The van der Waals surface area contributed by atoms with E-state index >= 15 is 0 Å². The van der Waals surface area contributed by atoms with Crippen LogP contribution in [0.4, 0.5) is 5.13 Å². The molecule has 20 heavy (non-hydrogen) atoms. The Balaban J connectivity index is 1.97. The highest BCUT2D eigenvalue weighted by molar-refractivity contribution is 7.15. The first-order valence-electron chi connectivity index (χ1n) is 7.65. The van der Waals surface area contributed by atoms with Gasteiger partial charge in [0.2, 0.25) is 0 Å². The van der Waals surface area contributed by atoms with Gasteiger partial charge >= 0.3 is 0 Å². The van der Waals surface area contributed by atoms with Gasteiger partial charge in [0.05, 0.1) is 11.8 Å². The number of hydrogen-bond acceptors (Lipinski definition) is 5. The van der Waals surface area contributed by atoms with E-state index in [1.54, 1.807) is 11.3 Å². The zero-order valence-electron chi connectivity index (χ0n) is 13.1. The molecule has 114 valence electrons. The smallest absolute Gasteiger partial charge is 0.185 e. The third-order valence-corrected chi connectivity index (χ3v) is 5.20. The van der Waals surface area contributed by atoms with E-state index < -0.39 is 0 Å². The lowest BCUT2D eigenvalue weighted by Gasteiger charge is -2.19. The van der Waals surface area contributed by atoms with E-state index in [0.717, 1.165) is 36.9 Å². The molecule has 2 unspecified atom stereocenters. The van der Waals surface area contributed by atoms with Gasteiger partial charge < -0.3 is 15.0 Å². The highest BCUT2D eigenvalue weighted by atomic mass is 32.1. The Hall–Kier alpha value is -0.650. The fourth-order valence-electron chi connectivity index (χ4n) is 2.58. The van der Waals surface area contributed by atoms with E-state index in [2.05, 4.69) is 38.0 Å². The Kier molecular flexibility index (Phi) is 5.81. The van der Waals surface area contributed by atoms with Gasteiger partial charge in [-0.1, -0.05) is 6.92 Å². The van der Waals surface area contributed by atoms with E-state index in [9.17, 15) is 0 Å². The van der Waals surface area contributed by atoms with E-state index in [4.69, 9.17) is 9.72 Å². The number of hydrogen-bond donors (Lipinski definition) is 1. The molecule has 1 aliphatic rings. The first-order chi connectivity index (χ1) is 9.61. The number of aromatic nitrogens is 1. The number of thiazole rings is 1. The first kappa shape index (κ1) is 15.7. The molecule has 1 N–H and O–H groups in total. The van der Waals surface area contributed by atoms with E-state index in [1.807, 2.05) is 0 Å². The van der Waals surface area contributed by atoms with Crippen molar-refractivity contribution in [2.75, 3.05) is 31.6 Å². The molecule has 0 aliphatic carbocycles. The van der Waals surface area contributed by atoms with Crippen molar-refractivity contribution in [1.82, 2.24) is 10.3 Å². The number of rotatable bonds is 7. The van der Waals surface area contributed by atoms with Gasteiger partial charge in [0, 0.05) is 31.1 Å². The van der Waals surface area contributed by atoms with Gasteiger partial charge in [-0.15, -0.1) is 11.3 Å². The van der Waals surface area contributed by atoms with Crippen LogP contribution in [0, 0.1) is 6.92 Å². The average molecular weight is 297 g/mol. The van der Waals surface area contributed by atoms with Crippen LogP contribution in [0.3, 0.4) is 0 Å². The lowest BCUT2D eigenvalue weighted by Crippen LogP contribution is -2.28. The van der Waals surface area contributed by atoms with Crippen LogP contribution in [0.15, 0.2) is 0 Å². The Morgan fingerprint density at radius 3 is 3.00 bits per heavy atom. The van der Waals surface area contributed by atoms with Crippen LogP contribution >= 0.6 is 11.3 Å². The van der Waals surface area contributed by atoms with E-state index in [0.29, 0.717) is 12.1 Å². The molecule has 0 radical (unpaired) electrons. The fourth-order valence-corrected chi connectivity index (χ4v) is 3.65. The molecule has 1 aromatic heterocycles. The molecule has 2 atom stereocenters. The summed E-state index contributed by atoms with van der Waals surface area (Å²) in [6, 6.07) is 0.386. The molecular formula is C15H27N3OS. The zero-order chi connectivity index (χ0) is 14.5. The van der Waals surface area contributed by atoms with Crippen LogP contribution in [0.25, 0.3) is 0 Å². The lowest BCUT2D eigenvalue weighted by atomic mass is 10.2. The minimum atomic E-state index is 0.378. The third kappa shape index (κ3) is 3.93. The molecule has 0 bridgehead atoms. The van der Waals surface area contributed by atoms with Gasteiger partial charge in [-0.05, 0) is 39.7 Å². The number of nitrogens with one attached hydrogen (secondary N) is 1. The summed E-state index contributed by atoms with van der Waals surface area (Å²) in [6.45, 7) is 9.45. The Morgan fingerprint density at radius 1 is 1.55 bits per heavy atom. The van der Waals surface area contributed by atoms with Gasteiger partial charge in [-0.3, -0.25) is 0 Å². The second-order valence-electron chi connectivity index (χ2n) is 5.64. The van der Waals surface area contributed by atoms with Crippen LogP contribution in [0.2, 0.25) is 0 Å². The lowest BCUT2D eigenvalue weighted by molar-refractivity contribution is 0.116. The minimum absolute atomic E-state index is 0.378. The van der Waals surface area contributed by atoms with Crippen molar-refractivity contribution in [2.24, 2.45) is 0 Å². The minimum Gasteiger partial charge on any atom is -0.376 e. The molecule has 1 aromatic rings. The van der Waals surface area contributed by atoms with Gasteiger partial charge in [-0.2, -0.15) is 0 Å². The van der Waals surface area contributed by atoms with Crippen molar-refractivity contribution in [3.8, 4) is 0 Å². The molecule has 5 heteroatoms. The summed E-state index contributed by atoms with van der Waals surface area (Å²) in [5, 5.41) is 4.65. The third-order valence-electron chi connectivity index (χ3n) is 3.74. The summed E-state index contributed by atoms with van der Waals surface area (Å²) < 4.78 is 5.71. The normalized spacial score (nSPS) is 20.3. The summed E-state index contributed by atoms with van der Waals surface area (Å²) in [4.78, 5) is 8.32. The molecule has 1 fully saturated rings. The molecule has 0 aromatic carbocycles. The molecule has 1 saturated heterocycles. The zero-order valence-corrected chi connectivity index (χ0v) is 13.9. The molecule has 2 heterocycles. The quantitative estimate of drug-likeness (QED) is 0.839. The van der Waals surface area contributed by atoms with Crippen molar-refractivity contribution in [2.45, 2.75) is 52.2 Å². The maximum absolute atomic E-state index is 5.71. The van der Waals surface area contributed by atoms with E-state index in [-0.39, 0.29) is 0 Å². The van der Waals surface area contributed by atoms with Crippen LogP contribution in [-0.2, 0) is 4.74 Å². The number of ether oxygens (including phenoxy) is 1. The Bertz CT molecular complexity index is 415. The highest BCUT2D eigenvalue weighted by Crippen LogP contribution is 2.30. The summed E-state index contributed by atoms with van der Waals surface area (Å²) in [6.07, 6.45) is 3.91. The topological polar surface area (TPSA) is 37.4 Å². The van der Waals surface area contributed by atoms with Crippen LogP contribution in [-0.4, -0.2) is 37.8 Å². The van der Waals surface area contributed by atoms with Gasteiger partial charge in [0.15, 0.2) is 5.13 Å². The largest absolute Gasteiger partial charge is 0.376 e. The van der Waals surface area contributed by atoms with Crippen molar-refractivity contribution in [3.05, 3.63) is 10.6 Å². The first-order valence-corrected chi connectivity index (χ1v) is 8.47. The predicted octanol–water partition coefficient (Wildman–Crippen LogP) is 3.13. The monoisotopic (exact) mass is 297 g/mol. The SMILES string of the molecule is CCCNC(C)c1sc(N(C)CC2CCCO2)nc1C. The molecule has 0 saturated carbocycles. The summed E-state index contributed by atoms with van der Waals surface area (Å²) in [7, 11) is 2.12. The summed E-state index contributed by atoms with van der Waals surface area (Å²) in [5.74, 6) is 0. The summed E-state index contributed by atoms with van der Waals surface area (Å²) in [5.41, 5.74) is 1.15. The molecule has 2 rings (SSSR count). The van der Waals surface area contributed by atoms with Gasteiger partial charge in [0.25, 0.3) is 0 Å². The van der Waals surface area contributed by atoms with Crippen molar-refractivity contribution >= 4 is 16.5 Å². The van der Waals surface area contributed by atoms with Crippen LogP contribution in [0.5, 0.6) is 0 Å². The Morgan fingerprint density at radius 2 is 2.35 bits per heavy atom. The second kappa shape index (κ2) is 7.38. The second-order valence-corrected chi connectivity index (χ2v) is 6.65. The van der Waals surface area contributed by atoms with Crippen molar-refractivity contribution < 1.29 is 4.74 Å². The molecule has 0 amide bonds. The molecule has 0 spiro atoms. The Labute approximate surface area is 126 Å². The molecule has 4 nitrogen and oxygen atoms in total. The number of anilines is 1. The number of nitrogens with zero attached hydrogens (tertiary/aromatic N) is 2. The predicted molar refractivity (Wildman–Crippen MR) is 85.8 cm³/mol. The fraction of sp³-hybridized carbons (Fsp3) is 0.800. The van der Waals surface area contributed by atoms with Crippen molar-refractivity contribution in [3.63, 3.8) is 0 Å². The number of aryl methyl sites for hydroxylation is 1. The summed E-state index contributed by atoms with van der Waals surface area (Å²) >= 11 is 1.81. The molecular weight excluding hydrogens is 270 g/mol. The highest BCUT2D eigenvalue weighted by Gasteiger charge is 2.21. The number of likely N-dealkylation sites (N-methyl/N-ethyl adjacent to an activating group) is 1. The van der Waals surface area contributed by atoms with Gasteiger partial charge in [-0.25, -0.2) is 4.98 Å². The van der Waals surface area contributed by atoms with E-state index in [1.165, 1.54) is 17.7 Å². The van der Waals surface area contributed by atoms with Crippen molar-refractivity contribution in [1.29, 1.82) is 0 Å². The van der Waals surface area contributed by atoms with Crippen LogP contribution < -0.4 is 10.2 Å². The standard InChI is InChI=1S/C15H27N3OS/c1-5-8-16-11(2)14-12(3)17-15(20-14)18(4)10-13-7-6-9-19-13/h11,13,16H,5-10H2,1-4H3. The molecule has 1 aliphatic heterocycles. The maximum Gasteiger partial charge on any atom is 0.185 e.